The standard InChI is InChI=1S/C17H17FN2O5/c1-19(2)14-6-5-12(9-15(14)20(22)23)17(21)25-10-11-4-7-16(24-3)13(18)8-11/h4-9H,10H2,1-3H3. The molecule has 0 bridgehead atoms. The molecule has 0 saturated carbocycles. The molecule has 0 aliphatic rings. The molecule has 8 heteroatoms. The lowest BCUT2D eigenvalue weighted by atomic mass is 10.1. The highest BCUT2D eigenvalue weighted by Crippen LogP contribution is 2.28. The molecule has 0 spiro atoms. The largest absolute Gasteiger partial charge is 0.494 e. The fourth-order valence-electron chi connectivity index (χ4n) is 2.21. The normalized spacial score (nSPS) is 10.2. The Hall–Kier alpha value is -3.16. The number of carbonyl (C=O) groups is 1. The second kappa shape index (κ2) is 7.61. The molecular weight excluding hydrogens is 331 g/mol. The molecule has 0 aliphatic carbocycles. The summed E-state index contributed by atoms with van der Waals surface area (Å²) in [5.74, 6) is -1.21. The Morgan fingerprint density at radius 2 is 1.96 bits per heavy atom. The lowest BCUT2D eigenvalue weighted by molar-refractivity contribution is -0.384. The number of anilines is 1. The molecule has 0 N–H and O–H groups in total. The Kier molecular flexibility index (Phi) is 5.53. The van der Waals surface area contributed by atoms with Crippen LogP contribution in [0, 0.1) is 15.9 Å². The van der Waals surface area contributed by atoms with E-state index in [9.17, 15) is 19.3 Å². The number of hydrogen-bond acceptors (Lipinski definition) is 6. The highest BCUT2D eigenvalue weighted by molar-refractivity contribution is 5.91. The SMILES string of the molecule is COc1ccc(COC(=O)c2ccc(N(C)C)c([N+](=O)[O-])c2)cc1F. The Morgan fingerprint density at radius 3 is 2.52 bits per heavy atom. The summed E-state index contributed by atoms with van der Waals surface area (Å²) in [5.41, 5.74) is 0.658. The lowest BCUT2D eigenvalue weighted by Crippen LogP contribution is -2.12. The van der Waals surface area contributed by atoms with Crippen molar-refractivity contribution in [1.29, 1.82) is 0 Å². The smallest absolute Gasteiger partial charge is 0.338 e. The van der Waals surface area contributed by atoms with E-state index in [2.05, 4.69) is 0 Å². The third kappa shape index (κ3) is 4.23. The van der Waals surface area contributed by atoms with Crippen molar-refractivity contribution in [3.8, 4) is 5.75 Å². The van der Waals surface area contributed by atoms with E-state index >= 15 is 0 Å². The summed E-state index contributed by atoms with van der Waals surface area (Å²) in [4.78, 5) is 24.3. The van der Waals surface area contributed by atoms with Gasteiger partial charge in [0.05, 0.1) is 17.6 Å². The van der Waals surface area contributed by atoms with Crippen molar-refractivity contribution in [3.63, 3.8) is 0 Å². The van der Waals surface area contributed by atoms with Crippen LogP contribution in [0.1, 0.15) is 15.9 Å². The highest BCUT2D eigenvalue weighted by atomic mass is 19.1. The number of hydrogen-bond donors (Lipinski definition) is 0. The topological polar surface area (TPSA) is 81.9 Å². The first-order chi connectivity index (χ1) is 11.8. The summed E-state index contributed by atoms with van der Waals surface area (Å²) in [5, 5.41) is 11.2. The zero-order chi connectivity index (χ0) is 18.6. The van der Waals surface area contributed by atoms with E-state index in [4.69, 9.17) is 9.47 Å². The number of nitro benzene ring substituents is 1. The summed E-state index contributed by atoms with van der Waals surface area (Å²) in [6, 6.07) is 8.26. The maximum absolute atomic E-state index is 13.6. The third-order valence-corrected chi connectivity index (χ3v) is 3.48. The van der Waals surface area contributed by atoms with Gasteiger partial charge in [0.15, 0.2) is 11.6 Å². The van der Waals surface area contributed by atoms with E-state index in [-0.39, 0.29) is 23.6 Å². The average molecular weight is 348 g/mol. The molecule has 0 unspecified atom stereocenters. The maximum Gasteiger partial charge on any atom is 0.338 e. The van der Waals surface area contributed by atoms with Gasteiger partial charge in [0.25, 0.3) is 5.69 Å². The van der Waals surface area contributed by atoms with Crippen LogP contribution < -0.4 is 9.64 Å². The molecule has 0 fully saturated rings. The maximum atomic E-state index is 13.6. The van der Waals surface area contributed by atoms with Gasteiger partial charge in [-0.15, -0.1) is 0 Å². The third-order valence-electron chi connectivity index (χ3n) is 3.48. The molecule has 0 aliphatic heterocycles. The van der Waals surface area contributed by atoms with E-state index in [1.807, 2.05) is 0 Å². The summed E-state index contributed by atoms with van der Waals surface area (Å²) in [6.45, 7) is -0.164. The first-order valence-electron chi connectivity index (χ1n) is 7.28. The zero-order valence-corrected chi connectivity index (χ0v) is 14.0. The molecular formula is C17H17FN2O5. The monoisotopic (exact) mass is 348 g/mol. The molecule has 2 aromatic rings. The van der Waals surface area contributed by atoms with Crippen LogP contribution in [0.5, 0.6) is 5.75 Å². The molecule has 2 aromatic carbocycles. The number of halogens is 1. The summed E-state index contributed by atoms with van der Waals surface area (Å²) >= 11 is 0. The van der Waals surface area contributed by atoms with Crippen molar-refractivity contribution in [2.24, 2.45) is 0 Å². The molecule has 0 saturated heterocycles. The number of rotatable bonds is 6. The van der Waals surface area contributed by atoms with Gasteiger partial charge in [0.2, 0.25) is 0 Å². The highest BCUT2D eigenvalue weighted by Gasteiger charge is 2.19. The van der Waals surface area contributed by atoms with Crippen molar-refractivity contribution in [2.75, 3.05) is 26.1 Å². The fraction of sp³-hybridized carbons (Fsp3) is 0.235. The molecule has 0 radical (unpaired) electrons. The van der Waals surface area contributed by atoms with Crippen LogP contribution in [0.3, 0.4) is 0 Å². The van der Waals surface area contributed by atoms with Crippen LogP contribution in [0.4, 0.5) is 15.8 Å². The van der Waals surface area contributed by atoms with Crippen LogP contribution in [-0.2, 0) is 11.3 Å². The van der Waals surface area contributed by atoms with Gasteiger partial charge in [0.1, 0.15) is 12.3 Å². The van der Waals surface area contributed by atoms with Gasteiger partial charge in [-0.25, -0.2) is 9.18 Å². The second-order valence-corrected chi connectivity index (χ2v) is 5.40. The first-order valence-corrected chi connectivity index (χ1v) is 7.28. The summed E-state index contributed by atoms with van der Waals surface area (Å²) in [6.07, 6.45) is 0. The lowest BCUT2D eigenvalue weighted by Gasteiger charge is -2.13. The van der Waals surface area contributed by atoms with Gasteiger partial charge >= 0.3 is 5.97 Å². The minimum absolute atomic E-state index is 0.0475. The minimum atomic E-state index is -0.732. The van der Waals surface area contributed by atoms with Crippen LogP contribution in [0.15, 0.2) is 36.4 Å². The predicted molar refractivity (Wildman–Crippen MR) is 89.5 cm³/mol. The Labute approximate surface area is 143 Å². The van der Waals surface area contributed by atoms with E-state index in [1.54, 1.807) is 25.1 Å². The van der Waals surface area contributed by atoms with Gasteiger partial charge < -0.3 is 14.4 Å². The number of benzene rings is 2. The fourth-order valence-corrected chi connectivity index (χ4v) is 2.21. The number of carbonyl (C=O) groups excluding carboxylic acids is 1. The van der Waals surface area contributed by atoms with E-state index in [0.717, 1.165) is 6.07 Å². The molecule has 132 valence electrons. The van der Waals surface area contributed by atoms with Crippen molar-refractivity contribution >= 4 is 17.3 Å². The molecule has 7 nitrogen and oxygen atoms in total. The van der Waals surface area contributed by atoms with Crippen molar-refractivity contribution < 1.29 is 23.6 Å². The van der Waals surface area contributed by atoms with Gasteiger partial charge in [-0.3, -0.25) is 10.1 Å². The molecule has 0 amide bonds. The van der Waals surface area contributed by atoms with Gasteiger partial charge in [0, 0.05) is 20.2 Å². The Balaban J connectivity index is 2.14. The van der Waals surface area contributed by atoms with Crippen molar-refractivity contribution in [2.45, 2.75) is 6.61 Å². The predicted octanol–water partition coefficient (Wildman–Crippen LogP) is 3.17. The summed E-state index contributed by atoms with van der Waals surface area (Å²) < 4.78 is 23.5. The number of ether oxygens (including phenoxy) is 2. The Bertz CT molecular complexity index is 808. The molecule has 2 rings (SSSR count). The summed E-state index contributed by atoms with van der Waals surface area (Å²) in [7, 11) is 4.68. The quantitative estimate of drug-likeness (QED) is 0.453. The average Bonchev–Trinajstić information content (AvgIpc) is 2.59. The van der Waals surface area contributed by atoms with Gasteiger partial charge in [-0.1, -0.05) is 6.07 Å². The van der Waals surface area contributed by atoms with Crippen LogP contribution in [0.25, 0.3) is 0 Å². The number of esters is 1. The number of methoxy groups -OCH3 is 1. The van der Waals surface area contributed by atoms with Crippen LogP contribution >= 0.6 is 0 Å². The molecule has 0 atom stereocenters. The second-order valence-electron chi connectivity index (χ2n) is 5.40. The van der Waals surface area contributed by atoms with Gasteiger partial charge in [-0.2, -0.15) is 0 Å². The van der Waals surface area contributed by atoms with Crippen molar-refractivity contribution in [3.05, 3.63) is 63.5 Å². The van der Waals surface area contributed by atoms with Crippen LogP contribution in [-0.4, -0.2) is 32.1 Å². The van der Waals surface area contributed by atoms with E-state index in [1.165, 1.54) is 31.4 Å². The molecule has 0 heterocycles. The number of nitrogens with zero attached hydrogens (tertiary/aromatic N) is 2. The molecule has 0 aromatic heterocycles. The van der Waals surface area contributed by atoms with Crippen molar-refractivity contribution in [1.82, 2.24) is 0 Å². The van der Waals surface area contributed by atoms with Crippen LogP contribution in [0.2, 0.25) is 0 Å². The van der Waals surface area contributed by atoms with E-state index < -0.39 is 16.7 Å². The van der Waals surface area contributed by atoms with E-state index in [0.29, 0.717) is 11.3 Å². The van der Waals surface area contributed by atoms with Gasteiger partial charge in [-0.05, 0) is 29.8 Å². The zero-order valence-electron chi connectivity index (χ0n) is 14.0. The Morgan fingerprint density at radius 1 is 1.24 bits per heavy atom. The minimum Gasteiger partial charge on any atom is -0.494 e. The number of nitro groups is 1. The molecule has 25 heavy (non-hydrogen) atoms. The first kappa shape index (κ1) is 18.2.